The molecule has 9 heteroatoms. The number of hydrogen-bond acceptors (Lipinski definition) is 5. The summed E-state index contributed by atoms with van der Waals surface area (Å²) in [6.07, 6.45) is -2.91. The molecule has 0 saturated heterocycles. The van der Waals surface area contributed by atoms with Crippen molar-refractivity contribution < 1.29 is 22.4 Å². The average molecular weight is 463 g/mol. The molecule has 0 N–H and O–H groups in total. The van der Waals surface area contributed by atoms with Gasteiger partial charge in [-0.3, -0.25) is 9.36 Å². The zero-order chi connectivity index (χ0) is 23.9. The van der Waals surface area contributed by atoms with E-state index in [0.29, 0.717) is 27.8 Å². The van der Waals surface area contributed by atoms with Crippen molar-refractivity contribution in [1.82, 2.24) is 14.7 Å². The van der Waals surface area contributed by atoms with Gasteiger partial charge in [0.1, 0.15) is 5.75 Å². The van der Waals surface area contributed by atoms with Crippen molar-refractivity contribution >= 4 is 10.8 Å². The molecule has 0 aliphatic rings. The van der Waals surface area contributed by atoms with E-state index in [1.165, 1.54) is 16.7 Å². The van der Waals surface area contributed by atoms with Crippen molar-refractivity contribution in [3.63, 3.8) is 0 Å². The van der Waals surface area contributed by atoms with Gasteiger partial charge in [-0.25, -0.2) is 0 Å². The molecule has 0 amide bonds. The van der Waals surface area contributed by atoms with Crippen molar-refractivity contribution in [1.29, 1.82) is 0 Å². The number of halogens is 3. The summed E-state index contributed by atoms with van der Waals surface area (Å²) in [7, 11) is 1.55. The van der Waals surface area contributed by atoms with Gasteiger partial charge in [-0.2, -0.15) is 18.2 Å². The Morgan fingerprint density at radius 3 is 2.38 bits per heavy atom. The van der Waals surface area contributed by atoms with E-state index in [1.807, 2.05) is 0 Å². The summed E-state index contributed by atoms with van der Waals surface area (Å²) >= 11 is 0. The molecular formula is C25H16F3N3O3. The smallest absolute Gasteiger partial charge is 0.416 e. The monoisotopic (exact) mass is 463 g/mol. The lowest BCUT2D eigenvalue weighted by atomic mass is 10.1. The zero-order valence-corrected chi connectivity index (χ0v) is 17.7. The van der Waals surface area contributed by atoms with Gasteiger partial charge in [0.15, 0.2) is 0 Å². The van der Waals surface area contributed by atoms with Gasteiger partial charge >= 0.3 is 6.18 Å². The molecule has 6 nitrogen and oxygen atoms in total. The third kappa shape index (κ3) is 3.81. The van der Waals surface area contributed by atoms with E-state index in [1.54, 1.807) is 61.8 Å². The Balaban J connectivity index is 1.66. The topological polar surface area (TPSA) is 70.2 Å². The highest BCUT2D eigenvalue weighted by atomic mass is 19.4. The number of aromatic nitrogens is 3. The maximum atomic E-state index is 13.2. The summed E-state index contributed by atoms with van der Waals surface area (Å²) in [5, 5.41) is 4.89. The van der Waals surface area contributed by atoms with Gasteiger partial charge in [0.05, 0.1) is 18.2 Å². The molecule has 0 atom stereocenters. The first kappa shape index (κ1) is 21.4. The summed E-state index contributed by atoms with van der Waals surface area (Å²) in [6, 6.07) is 18.6. The standard InChI is InChI=1S/C25H16F3N3O3/c1-33-18-11-9-17(10-12-18)31-14-21(19-7-2-3-8-20(19)24(31)32)23-29-22(30-34-23)15-5-4-6-16(13-15)25(26,27)28/h2-14H,1H3. The largest absolute Gasteiger partial charge is 0.497 e. The second kappa shape index (κ2) is 8.18. The molecule has 170 valence electrons. The summed E-state index contributed by atoms with van der Waals surface area (Å²) in [4.78, 5) is 17.5. The summed E-state index contributed by atoms with van der Waals surface area (Å²) in [5.41, 5.74) is 0.168. The number of hydrogen-bond donors (Lipinski definition) is 0. The van der Waals surface area contributed by atoms with Crippen LogP contribution in [0.3, 0.4) is 0 Å². The Kier molecular flexibility index (Phi) is 5.16. The minimum Gasteiger partial charge on any atom is -0.497 e. The molecule has 0 aliphatic heterocycles. The lowest BCUT2D eigenvalue weighted by molar-refractivity contribution is -0.137. The van der Waals surface area contributed by atoms with Gasteiger partial charge in [0, 0.05) is 28.2 Å². The highest BCUT2D eigenvalue weighted by molar-refractivity contribution is 5.94. The predicted octanol–water partition coefficient (Wildman–Crippen LogP) is 5.74. The second-order valence-electron chi connectivity index (χ2n) is 7.46. The Morgan fingerprint density at radius 1 is 0.941 bits per heavy atom. The Bertz CT molecular complexity index is 1550. The van der Waals surface area contributed by atoms with Crippen LogP contribution in [-0.2, 0) is 6.18 Å². The first-order chi connectivity index (χ1) is 16.3. The Morgan fingerprint density at radius 2 is 1.68 bits per heavy atom. The van der Waals surface area contributed by atoms with E-state index in [2.05, 4.69) is 10.1 Å². The van der Waals surface area contributed by atoms with E-state index in [0.717, 1.165) is 12.1 Å². The minimum atomic E-state index is -4.49. The first-order valence-electron chi connectivity index (χ1n) is 10.2. The summed E-state index contributed by atoms with van der Waals surface area (Å²) in [6.45, 7) is 0. The third-order valence-corrected chi connectivity index (χ3v) is 5.38. The van der Waals surface area contributed by atoms with Gasteiger partial charge in [0.25, 0.3) is 11.4 Å². The molecule has 3 aromatic carbocycles. The number of methoxy groups -OCH3 is 1. The van der Waals surface area contributed by atoms with E-state index in [-0.39, 0.29) is 22.8 Å². The molecule has 2 heterocycles. The van der Waals surface area contributed by atoms with Crippen LogP contribution in [0.25, 0.3) is 39.3 Å². The number of ether oxygens (including phenoxy) is 1. The molecule has 0 spiro atoms. The lowest BCUT2D eigenvalue weighted by Gasteiger charge is -2.11. The fraction of sp³-hybridized carbons (Fsp3) is 0.0800. The first-order valence-corrected chi connectivity index (χ1v) is 10.2. The third-order valence-electron chi connectivity index (χ3n) is 5.38. The Hall–Kier alpha value is -4.40. The van der Waals surface area contributed by atoms with Gasteiger partial charge in [-0.05, 0) is 42.5 Å². The molecule has 0 saturated carbocycles. The molecule has 0 aliphatic carbocycles. The van der Waals surface area contributed by atoms with E-state index in [4.69, 9.17) is 9.26 Å². The summed E-state index contributed by atoms with van der Waals surface area (Å²) < 4.78 is 51.4. The van der Waals surface area contributed by atoms with Crippen LogP contribution in [0, 0.1) is 0 Å². The van der Waals surface area contributed by atoms with Crippen LogP contribution in [0.4, 0.5) is 13.2 Å². The van der Waals surface area contributed by atoms with Crippen LogP contribution in [0.1, 0.15) is 5.56 Å². The molecule has 0 bridgehead atoms. The van der Waals surface area contributed by atoms with Gasteiger partial charge < -0.3 is 9.26 Å². The van der Waals surface area contributed by atoms with Crippen LogP contribution in [0.15, 0.2) is 88.3 Å². The van der Waals surface area contributed by atoms with Gasteiger partial charge in [0.2, 0.25) is 5.82 Å². The number of alkyl halides is 3. The SMILES string of the molecule is COc1ccc(-n2cc(-c3nc(-c4cccc(C(F)(F)F)c4)no3)c3ccccc3c2=O)cc1. The summed E-state index contributed by atoms with van der Waals surface area (Å²) in [5.74, 6) is 0.721. The minimum absolute atomic E-state index is 0.00683. The van der Waals surface area contributed by atoms with Crippen LogP contribution >= 0.6 is 0 Å². The molecule has 2 aromatic heterocycles. The van der Waals surface area contributed by atoms with Crippen LogP contribution in [-0.4, -0.2) is 21.8 Å². The van der Waals surface area contributed by atoms with Crippen molar-refractivity contribution in [2.45, 2.75) is 6.18 Å². The Labute approximate surface area is 190 Å². The molecule has 5 aromatic rings. The van der Waals surface area contributed by atoms with Crippen LogP contribution in [0.2, 0.25) is 0 Å². The number of fused-ring (bicyclic) bond motifs is 1. The van der Waals surface area contributed by atoms with Gasteiger partial charge in [-0.15, -0.1) is 0 Å². The fourth-order valence-corrected chi connectivity index (χ4v) is 3.68. The number of rotatable bonds is 4. The second-order valence-corrected chi connectivity index (χ2v) is 7.46. The highest BCUT2D eigenvalue weighted by Crippen LogP contribution is 2.33. The molecule has 5 rings (SSSR count). The zero-order valence-electron chi connectivity index (χ0n) is 17.7. The van der Waals surface area contributed by atoms with E-state index in [9.17, 15) is 18.0 Å². The molecule has 0 fully saturated rings. The average Bonchev–Trinajstić information content (AvgIpc) is 3.34. The van der Waals surface area contributed by atoms with Gasteiger partial charge in [-0.1, -0.05) is 35.5 Å². The van der Waals surface area contributed by atoms with Crippen LogP contribution < -0.4 is 10.3 Å². The predicted molar refractivity (Wildman–Crippen MR) is 120 cm³/mol. The maximum Gasteiger partial charge on any atom is 0.416 e. The molecule has 0 radical (unpaired) electrons. The molecule has 0 unspecified atom stereocenters. The van der Waals surface area contributed by atoms with Crippen molar-refractivity contribution in [2.75, 3.05) is 7.11 Å². The van der Waals surface area contributed by atoms with Crippen LogP contribution in [0.5, 0.6) is 5.75 Å². The number of benzene rings is 3. The van der Waals surface area contributed by atoms with Crippen molar-refractivity contribution in [2.24, 2.45) is 0 Å². The molecular weight excluding hydrogens is 447 g/mol. The molecule has 34 heavy (non-hydrogen) atoms. The van der Waals surface area contributed by atoms with E-state index >= 15 is 0 Å². The highest BCUT2D eigenvalue weighted by Gasteiger charge is 2.31. The normalized spacial score (nSPS) is 11.6. The number of nitrogens with zero attached hydrogens (tertiary/aromatic N) is 3. The number of pyridine rings is 1. The fourth-order valence-electron chi connectivity index (χ4n) is 3.68. The lowest BCUT2D eigenvalue weighted by Crippen LogP contribution is -2.18. The van der Waals surface area contributed by atoms with E-state index < -0.39 is 11.7 Å². The maximum absolute atomic E-state index is 13.2. The van der Waals surface area contributed by atoms with Crippen molar-refractivity contribution in [3.05, 3.63) is 94.9 Å². The quantitative estimate of drug-likeness (QED) is 0.340. The van der Waals surface area contributed by atoms with Crippen molar-refractivity contribution in [3.8, 4) is 34.3 Å².